The van der Waals surface area contributed by atoms with E-state index in [2.05, 4.69) is 5.29 Å². The number of hydrogen-bond donors (Lipinski definition) is 1. The summed E-state index contributed by atoms with van der Waals surface area (Å²) >= 11 is 0. The van der Waals surface area contributed by atoms with Crippen molar-refractivity contribution >= 4 is 23.0 Å². The van der Waals surface area contributed by atoms with Gasteiger partial charge in [0.25, 0.3) is 0 Å². The van der Waals surface area contributed by atoms with E-state index in [4.69, 9.17) is 5.21 Å². The van der Waals surface area contributed by atoms with Crippen LogP contribution >= 0.6 is 0 Å². The maximum absolute atomic E-state index is 9.73. The van der Waals surface area contributed by atoms with E-state index in [9.17, 15) is 4.91 Å². The summed E-state index contributed by atoms with van der Waals surface area (Å²) in [7, 11) is 0. The molecule has 0 bridgehead atoms. The standard InChI is InChI=1S/C6H6N2O2.Al/c9-7-8(10)6-4-2-1-3-5-6;/h1-5,10H;. The molecule has 0 atom stereocenters. The van der Waals surface area contributed by atoms with Gasteiger partial charge in [0.2, 0.25) is 0 Å². The van der Waals surface area contributed by atoms with Crippen LogP contribution in [0.15, 0.2) is 35.6 Å². The summed E-state index contributed by atoms with van der Waals surface area (Å²) in [5.41, 5.74) is 0.359. The summed E-state index contributed by atoms with van der Waals surface area (Å²) in [5, 5.41) is 11.3. The van der Waals surface area contributed by atoms with Crippen LogP contribution in [0.2, 0.25) is 0 Å². The van der Waals surface area contributed by atoms with E-state index in [-0.39, 0.29) is 22.5 Å². The van der Waals surface area contributed by atoms with Gasteiger partial charge < -0.3 is 0 Å². The third-order valence-electron chi connectivity index (χ3n) is 1.06. The van der Waals surface area contributed by atoms with Crippen LogP contribution in [0, 0.1) is 4.91 Å². The van der Waals surface area contributed by atoms with Crippen molar-refractivity contribution in [3.05, 3.63) is 35.2 Å². The predicted molar refractivity (Wildman–Crippen MR) is 42.3 cm³/mol. The molecular formula is C6H6AlN2O2. The zero-order valence-corrected chi connectivity index (χ0v) is 6.87. The van der Waals surface area contributed by atoms with Gasteiger partial charge in [-0.15, -0.1) is 10.1 Å². The van der Waals surface area contributed by atoms with Crippen molar-refractivity contribution < 1.29 is 5.21 Å². The normalized spacial score (nSPS) is 8.09. The lowest BCUT2D eigenvalue weighted by Gasteiger charge is -2.03. The highest BCUT2D eigenvalue weighted by atomic mass is 27.0. The smallest absolute Gasteiger partial charge is 0.0932 e. The summed E-state index contributed by atoms with van der Waals surface area (Å²) in [6, 6.07) is 8.32. The second kappa shape index (κ2) is 4.86. The van der Waals surface area contributed by atoms with E-state index in [1.165, 1.54) is 0 Å². The molecule has 1 rings (SSSR count). The molecule has 1 aromatic rings. The van der Waals surface area contributed by atoms with Crippen LogP contribution in [0.3, 0.4) is 0 Å². The average Bonchev–Trinajstić information content (AvgIpc) is 2.05. The summed E-state index contributed by atoms with van der Waals surface area (Å²) in [5.74, 6) is 0. The van der Waals surface area contributed by atoms with Crippen LogP contribution in [0.1, 0.15) is 0 Å². The Labute approximate surface area is 74.5 Å². The largest absolute Gasteiger partial charge is 0.265 e. The maximum atomic E-state index is 9.73. The molecule has 0 amide bonds. The summed E-state index contributed by atoms with van der Waals surface area (Å²) in [6.45, 7) is 0. The lowest BCUT2D eigenvalue weighted by Crippen LogP contribution is -2.06. The molecule has 0 aliphatic carbocycles. The number of nitrogens with zero attached hydrogens (tertiary/aromatic N) is 2. The average molecular weight is 165 g/mol. The van der Waals surface area contributed by atoms with Gasteiger partial charge in [0.1, 0.15) is 0 Å². The third kappa shape index (κ3) is 2.68. The minimum atomic E-state index is 0. The molecule has 0 saturated heterocycles. The molecule has 0 spiro atoms. The highest BCUT2D eigenvalue weighted by Gasteiger charge is 1.97. The maximum Gasteiger partial charge on any atom is 0.0932 e. The molecule has 0 fully saturated rings. The Morgan fingerprint density at radius 3 is 2.27 bits per heavy atom. The van der Waals surface area contributed by atoms with E-state index in [1.807, 2.05) is 0 Å². The molecule has 3 radical (unpaired) electrons. The minimum absolute atomic E-state index is 0. The topological polar surface area (TPSA) is 52.9 Å². The van der Waals surface area contributed by atoms with Gasteiger partial charge in [-0.05, 0) is 12.1 Å². The first kappa shape index (κ1) is 10.1. The van der Waals surface area contributed by atoms with Crippen molar-refractivity contribution in [3.63, 3.8) is 0 Å². The molecule has 0 aromatic heterocycles. The Bertz CT molecular complexity index is 217. The predicted octanol–water partition coefficient (Wildman–Crippen LogP) is 1.18. The van der Waals surface area contributed by atoms with E-state index in [1.54, 1.807) is 30.3 Å². The minimum Gasteiger partial charge on any atom is -0.265 e. The van der Waals surface area contributed by atoms with Gasteiger partial charge in [-0.25, -0.2) is 0 Å². The van der Waals surface area contributed by atoms with Crippen LogP contribution < -0.4 is 5.17 Å². The summed E-state index contributed by atoms with van der Waals surface area (Å²) < 4.78 is 0. The first-order valence-corrected chi connectivity index (χ1v) is 2.72. The second-order valence-corrected chi connectivity index (χ2v) is 1.71. The van der Waals surface area contributed by atoms with Gasteiger partial charge in [0, 0.05) is 17.4 Å². The van der Waals surface area contributed by atoms with Crippen LogP contribution in [0.5, 0.6) is 0 Å². The second-order valence-electron chi connectivity index (χ2n) is 1.71. The lowest BCUT2D eigenvalue weighted by molar-refractivity contribution is 0.258. The fraction of sp³-hybridized carbons (Fsp3) is 0. The molecule has 4 nitrogen and oxygen atoms in total. The van der Waals surface area contributed by atoms with Crippen molar-refractivity contribution in [2.75, 3.05) is 5.17 Å². The number of rotatable bonds is 2. The fourth-order valence-electron chi connectivity index (χ4n) is 0.608. The van der Waals surface area contributed by atoms with E-state index in [0.29, 0.717) is 5.69 Å². The zero-order chi connectivity index (χ0) is 7.40. The number of hydrogen-bond acceptors (Lipinski definition) is 3. The molecular weight excluding hydrogens is 159 g/mol. The Morgan fingerprint density at radius 2 is 1.82 bits per heavy atom. The van der Waals surface area contributed by atoms with Gasteiger partial charge in [-0.3, -0.25) is 5.21 Å². The van der Waals surface area contributed by atoms with Crippen LogP contribution in [0.25, 0.3) is 0 Å². The number of para-hydroxylation sites is 1. The third-order valence-corrected chi connectivity index (χ3v) is 1.06. The first-order valence-electron chi connectivity index (χ1n) is 2.72. The molecule has 1 aromatic carbocycles. The molecule has 1 N–H and O–H groups in total. The molecule has 0 saturated carbocycles. The Kier molecular flexibility index (Phi) is 4.46. The monoisotopic (exact) mass is 165 g/mol. The summed E-state index contributed by atoms with van der Waals surface area (Å²) in [4.78, 5) is 9.73. The highest BCUT2D eigenvalue weighted by molar-refractivity contribution is 5.75. The van der Waals surface area contributed by atoms with Gasteiger partial charge >= 0.3 is 0 Å². The van der Waals surface area contributed by atoms with E-state index in [0.717, 1.165) is 0 Å². The summed E-state index contributed by atoms with van der Waals surface area (Å²) in [6.07, 6.45) is 0. The van der Waals surface area contributed by atoms with Crippen LogP contribution in [0.4, 0.5) is 5.69 Å². The Balaban J connectivity index is 0.000001000. The van der Waals surface area contributed by atoms with Gasteiger partial charge in [0.15, 0.2) is 0 Å². The van der Waals surface area contributed by atoms with Crippen LogP contribution in [-0.2, 0) is 0 Å². The van der Waals surface area contributed by atoms with Crippen molar-refractivity contribution in [2.45, 2.75) is 0 Å². The molecule has 0 aliphatic rings. The van der Waals surface area contributed by atoms with Crippen molar-refractivity contribution in [2.24, 2.45) is 5.29 Å². The molecule has 0 aliphatic heterocycles. The first-order chi connectivity index (χ1) is 4.84. The van der Waals surface area contributed by atoms with Crippen molar-refractivity contribution in [1.82, 2.24) is 0 Å². The molecule has 0 unspecified atom stereocenters. The van der Waals surface area contributed by atoms with Gasteiger partial charge in [0.05, 0.1) is 11.0 Å². The highest BCUT2D eigenvalue weighted by Crippen LogP contribution is 2.09. The zero-order valence-electron chi connectivity index (χ0n) is 5.71. The number of benzene rings is 1. The Hall–Kier alpha value is -0.888. The SMILES string of the molecule is O=NN(O)c1ccccc1.[Al]. The molecule has 55 valence electrons. The van der Waals surface area contributed by atoms with E-state index >= 15 is 0 Å². The molecule has 5 heteroatoms. The number of nitroso groups, excluding NO2 is 1. The molecule has 0 heterocycles. The van der Waals surface area contributed by atoms with E-state index < -0.39 is 0 Å². The van der Waals surface area contributed by atoms with Crippen LogP contribution in [-0.4, -0.2) is 22.6 Å². The Morgan fingerprint density at radius 1 is 1.27 bits per heavy atom. The molecule has 11 heavy (non-hydrogen) atoms. The lowest BCUT2D eigenvalue weighted by atomic mass is 10.3. The fourth-order valence-corrected chi connectivity index (χ4v) is 0.608. The quantitative estimate of drug-likeness (QED) is 0.406. The van der Waals surface area contributed by atoms with Gasteiger partial charge in [-0.2, -0.15) is 0 Å². The number of anilines is 1. The van der Waals surface area contributed by atoms with Gasteiger partial charge in [-0.1, -0.05) is 18.2 Å². The van der Waals surface area contributed by atoms with Crippen molar-refractivity contribution in [3.8, 4) is 0 Å². The van der Waals surface area contributed by atoms with Crippen molar-refractivity contribution in [1.29, 1.82) is 0 Å².